The van der Waals surface area contributed by atoms with Gasteiger partial charge >= 0.3 is 12.8 Å². The maximum absolute atomic E-state index is 14.6. The normalized spacial score (nSPS) is 24.6. The molecule has 0 spiro atoms. The molecule has 0 aliphatic carbocycles. The number of alkyl halides is 6. The van der Waals surface area contributed by atoms with Gasteiger partial charge in [0.15, 0.2) is 0 Å². The maximum Gasteiger partial charge on any atom is 0.426 e. The number of rotatable bonds is 11. The Labute approximate surface area is 371 Å². The zero-order valence-electron chi connectivity index (χ0n) is 36.1. The van der Waals surface area contributed by atoms with Crippen LogP contribution in [0.2, 0.25) is 10.0 Å². The van der Waals surface area contributed by atoms with Crippen molar-refractivity contribution < 1.29 is 64.6 Å². The molecule has 0 radical (unpaired) electrons. The third-order valence-electron chi connectivity index (χ3n) is 11.0. The van der Waals surface area contributed by atoms with Crippen molar-refractivity contribution in [3.63, 3.8) is 0 Å². The second-order valence-corrected chi connectivity index (χ2v) is 17.7. The molecule has 7 atom stereocenters. The first-order chi connectivity index (χ1) is 29.0. The van der Waals surface area contributed by atoms with Gasteiger partial charge in [-0.3, -0.25) is 38.3 Å². The molecule has 2 aliphatic rings. The molecule has 2 fully saturated rings. The number of carbonyl (C=O) groups is 7. The number of hydrogen-bond acceptors (Lipinski definition) is 8. The fourth-order valence-corrected chi connectivity index (χ4v) is 7.68. The van der Waals surface area contributed by atoms with Gasteiger partial charge in [0.1, 0.15) is 41.9 Å². The van der Waals surface area contributed by atoms with Gasteiger partial charge in [0.05, 0.1) is 6.54 Å². The van der Waals surface area contributed by atoms with Crippen LogP contribution in [0.1, 0.15) is 79.2 Å². The molecule has 23 heteroatoms. The Hall–Kier alpha value is -4.37. The minimum atomic E-state index is -5.70. The number of carbonyl (C=O) groups excluding carboxylic acids is 7. The first-order valence-corrected chi connectivity index (χ1v) is 20.9. The van der Waals surface area contributed by atoms with E-state index >= 15 is 0 Å². The first kappa shape index (κ1) is 53.0. The van der Waals surface area contributed by atoms with Gasteiger partial charge in [-0.1, -0.05) is 37.0 Å². The molecular weight excluding hydrogens is 891 g/mol. The smallest absolute Gasteiger partial charge is 0.354 e. The van der Waals surface area contributed by atoms with Crippen molar-refractivity contribution in [2.75, 3.05) is 27.2 Å². The number of nitrogens with zero attached hydrogens (tertiary/aromatic N) is 3. The summed E-state index contributed by atoms with van der Waals surface area (Å²) in [5, 5.41) is 10.9. The molecule has 4 N–H and O–H groups in total. The molecule has 15 nitrogen and oxygen atoms in total. The molecule has 63 heavy (non-hydrogen) atoms. The van der Waals surface area contributed by atoms with E-state index in [2.05, 4.69) is 26.0 Å². The van der Waals surface area contributed by atoms with Crippen LogP contribution >= 0.6 is 23.2 Å². The first-order valence-electron chi connectivity index (χ1n) is 20.2. The highest BCUT2D eigenvalue weighted by Gasteiger charge is 2.63. The third kappa shape index (κ3) is 13.3. The van der Waals surface area contributed by atoms with E-state index in [1.54, 1.807) is 13.8 Å². The van der Waals surface area contributed by atoms with Crippen LogP contribution in [0.15, 0.2) is 18.2 Å². The van der Waals surface area contributed by atoms with E-state index in [1.807, 2.05) is 0 Å². The highest BCUT2D eigenvalue weighted by molar-refractivity contribution is 6.33. The molecule has 0 bridgehead atoms. The third-order valence-corrected chi connectivity index (χ3v) is 11.6. The Balaban J connectivity index is 1.95. The van der Waals surface area contributed by atoms with Crippen molar-refractivity contribution >= 4 is 64.6 Å². The van der Waals surface area contributed by atoms with Gasteiger partial charge in [0.25, 0.3) is 5.91 Å². The van der Waals surface area contributed by atoms with Gasteiger partial charge in [0.2, 0.25) is 41.0 Å². The minimum absolute atomic E-state index is 0.0293. The molecule has 354 valence electrons. The van der Waals surface area contributed by atoms with Crippen molar-refractivity contribution in [3.05, 3.63) is 33.8 Å². The van der Waals surface area contributed by atoms with Gasteiger partial charge in [-0.25, -0.2) is 4.39 Å². The van der Waals surface area contributed by atoms with Crippen molar-refractivity contribution in [3.8, 4) is 0 Å². The van der Waals surface area contributed by atoms with Crippen LogP contribution in [0.4, 0.5) is 26.3 Å². The predicted molar refractivity (Wildman–Crippen MR) is 218 cm³/mol. The number of nitrogens with one attached hydrogen (secondary N) is 4. The highest BCUT2D eigenvalue weighted by Crippen LogP contribution is 2.38. The predicted octanol–water partition coefficient (Wildman–Crippen LogP) is 3.92. The van der Waals surface area contributed by atoms with Gasteiger partial charge in [0, 0.05) is 43.5 Å². The second kappa shape index (κ2) is 21.5. The molecular formula is C40H55Cl2F6N7O8. The fourth-order valence-electron chi connectivity index (χ4n) is 7.29. The molecule has 2 heterocycles. The standard InChI is InChI=1S/C40H55Cl2F6N7O8/c1-20(2)15-26-34(60)54(8)28(17-22-16-23(41)12-13-25(22)42)32(58)52-38(4,5)35(61)49-14-10-9-11-27(30(56)51-26)53(7)33(59)21(3)50-31(57)29-18-24(43)19-55(29)36(62)39(6,40(46,47)48)63-37(44)45/h12-13,16,20-21,24,26-29,37H,9-11,14-15,17-19H2,1-8H3,(H,49,61)(H,50,57)(H,51,56)(H,52,58)/t21-,24+,26-,27-,28-,29-,39+/m0/s1. The van der Waals surface area contributed by atoms with E-state index < -0.39 is 115 Å². The van der Waals surface area contributed by atoms with E-state index in [4.69, 9.17) is 23.2 Å². The van der Waals surface area contributed by atoms with Crippen LogP contribution in [-0.4, -0.2) is 144 Å². The van der Waals surface area contributed by atoms with Crippen LogP contribution in [-0.2, 0) is 44.7 Å². The molecule has 7 amide bonds. The van der Waals surface area contributed by atoms with E-state index in [-0.39, 0.29) is 61.4 Å². The zero-order chi connectivity index (χ0) is 47.9. The van der Waals surface area contributed by atoms with Crippen molar-refractivity contribution in [2.24, 2.45) is 5.92 Å². The molecule has 0 unspecified atom stereocenters. The average molecular weight is 947 g/mol. The number of likely N-dealkylation sites (tertiary alicyclic amines) is 1. The summed E-state index contributed by atoms with van der Waals surface area (Å²) >= 11 is 12.7. The van der Waals surface area contributed by atoms with Crippen LogP contribution < -0.4 is 21.3 Å². The molecule has 2 saturated heterocycles. The summed E-state index contributed by atoms with van der Waals surface area (Å²) in [5.41, 5.74) is -5.21. The lowest BCUT2D eigenvalue weighted by atomic mass is 9.97. The van der Waals surface area contributed by atoms with Gasteiger partial charge in [-0.15, -0.1) is 0 Å². The van der Waals surface area contributed by atoms with E-state index in [9.17, 15) is 59.9 Å². The Kier molecular flexibility index (Phi) is 18.1. The lowest BCUT2D eigenvalue weighted by Crippen LogP contribution is -2.62. The summed E-state index contributed by atoms with van der Waals surface area (Å²) in [4.78, 5) is 98.5. The lowest BCUT2D eigenvalue weighted by molar-refractivity contribution is -0.310. The summed E-state index contributed by atoms with van der Waals surface area (Å²) < 4.78 is 86.1. The van der Waals surface area contributed by atoms with Crippen LogP contribution in [0, 0.1) is 5.92 Å². The van der Waals surface area contributed by atoms with E-state index in [0.717, 1.165) is 16.7 Å². The van der Waals surface area contributed by atoms with E-state index in [0.29, 0.717) is 10.6 Å². The van der Waals surface area contributed by atoms with Crippen molar-refractivity contribution in [1.82, 2.24) is 36.0 Å². The SMILES string of the molecule is CC(C)C[C@@H]1NC(=O)[C@@H](N(C)C(=O)[C@H](C)NC(=O)[C@@H]2C[C@@H](F)CN2C(=O)[C@@](C)(OC(F)F)C(F)(F)F)CCCCNC(=O)C(C)(C)NC(=O)[C@H](Cc2cc(Cl)ccc2Cl)N(C)C1=O. The Morgan fingerprint density at radius 3 is 2.27 bits per heavy atom. The lowest BCUT2D eigenvalue weighted by Gasteiger charge is -2.36. The van der Waals surface area contributed by atoms with Crippen molar-refractivity contribution in [1.29, 1.82) is 0 Å². The molecule has 1 aromatic carbocycles. The molecule has 0 saturated carbocycles. The number of amides is 7. The minimum Gasteiger partial charge on any atom is -0.354 e. The molecule has 0 aromatic heterocycles. The second-order valence-electron chi connectivity index (χ2n) is 16.9. The Bertz CT molecular complexity index is 1880. The average Bonchev–Trinajstić information content (AvgIpc) is 3.57. The number of hydrogen-bond donors (Lipinski definition) is 4. The molecule has 2 aliphatic heterocycles. The topological polar surface area (TPSA) is 187 Å². The zero-order valence-corrected chi connectivity index (χ0v) is 37.7. The summed E-state index contributed by atoms with van der Waals surface area (Å²) in [6.45, 7) is 2.66. The summed E-state index contributed by atoms with van der Waals surface area (Å²) in [6, 6.07) is -2.85. The number of ether oxygens (including phenoxy) is 1. The number of halogens is 8. The summed E-state index contributed by atoms with van der Waals surface area (Å²) in [5.74, 6) is -7.37. The Morgan fingerprint density at radius 2 is 1.68 bits per heavy atom. The van der Waals surface area contributed by atoms with Crippen LogP contribution in [0.3, 0.4) is 0 Å². The Morgan fingerprint density at radius 1 is 1.05 bits per heavy atom. The number of likely N-dealkylation sites (N-methyl/N-ethyl adjacent to an activating group) is 2. The van der Waals surface area contributed by atoms with Gasteiger partial charge in [-0.2, -0.15) is 22.0 Å². The van der Waals surface area contributed by atoms with Gasteiger partial charge in [-0.05, 0) is 83.1 Å². The van der Waals surface area contributed by atoms with Crippen LogP contribution in [0.25, 0.3) is 0 Å². The van der Waals surface area contributed by atoms with Crippen molar-refractivity contribution in [2.45, 2.75) is 140 Å². The maximum atomic E-state index is 14.6. The molecule has 1 aromatic rings. The largest absolute Gasteiger partial charge is 0.426 e. The summed E-state index contributed by atoms with van der Waals surface area (Å²) in [6.07, 6.45) is -8.23. The van der Waals surface area contributed by atoms with Gasteiger partial charge < -0.3 is 36.0 Å². The summed E-state index contributed by atoms with van der Waals surface area (Å²) in [7, 11) is 2.57. The number of benzene rings is 1. The quantitative estimate of drug-likeness (QED) is 0.241. The fraction of sp³-hybridized carbons (Fsp3) is 0.675. The molecule has 3 rings (SSSR count). The van der Waals surface area contributed by atoms with Crippen LogP contribution in [0.5, 0.6) is 0 Å². The van der Waals surface area contributed by atoms with E-state index in [1.165, 1.54) is 46.1 Å². The monoisotopic (exact) mass is 945 g/mol. The highest BCUT2D eigenvalue weighted by atomic mass is 35.5.